The summed E-state index contributed by atoms with van der Waals surface area (Å²) in [5, 5.41) is 0. The highest BCUT2D eigenvalue weighted by Gasteiger charge is 2.35. The summed E-state index contributed by atoms with van der Waals surface area (Å²) in [6, 6.07) is -0.0371. The average molecular weight is 382 g/mol. The van der Waals surface area contributed by atoms with E-state index >= 15 is 0 Å². The maximum Gasteiger partial charge on any atom is 0.330 e. The van der Waals surface area contributed by atoms with E-state index in [2.05, 4.69) is 4.98 Å². The van der Waals surface area contributed by atoms with E-state index in [1.165, 1.54) is 7.11 Å². The van der Waals surface area contributed by atoms with Gasteiger partial charge in [0, 0.05) is 7.11 Å². The number of nitrogens with zero attached hydrogens (tertiary/aromatic N) is 2. The van der Waals surface area contributed by atoms with E-state index in [9.17, 15) is 14.4 Å². The third-order valence-electron chi connectivity index (χ3n) is 5.01. The van der Waals surface area contributed by atoms with Crippen LogP contribution in [0.15, 0.2) is 9.59 Å². The van der Waals surface area contributed by atoms with Crippen LogP contribution in [-0.2, 0) is 20.8 Å². The van der Waals surface area contributed by atoms with Gasteiger partial charge in [-0.15, -0.1) is 0 Å². The molecule has 1 atom stereocenters. The van der Waals surface area contributed by atoms with Gasteiger partial charge in [0.25, 0.3) is 5.56 Å². The number of nitrogen functional groups attached to an aromatic ring is 1. The van der Waals surface area contributed by atoms with E-state index in [1.54, 1.807) is 0 Å². The minimum Gasteiger partial charge on any atom is -0.384 e. The molecule has 1 aromatic heterocycles. The molecule has 2 saturated heterocycles. The van der Waals surface area contributed by atoms with E-state index < -0.39 is 17.0 Å². The van der Waals surface area contributed by atoms with Crippen LogP contribution in [0.3, 0.4) is 0 Å². The van der Waals surface area contributed by atoms with Crippen LogP contribution in [0.1, 0.15) is 29.6 Å². The Morgan fingerprint density at radius 2 is 2.04 bits per heavy atom. The Balaban J connectivity index is 1.82. The predicted molar refractivity (Wildman–Crippen MR) is 96.8 cm³/mol. The molecule has 0 aliphatic carbocycles. The molecule has 150 valence electrons. The van der Waals surface area contributed by atoms with Gasteiger partial charge < -0.3 is 19.9 Å². The minimum atomic E-state index is -0.766. The predicted octanol–water partition coefficient (Wildman–Crippen LogP) is -0.825. The van der Waals surface area contributed by atoms with Gasteiger partial charge in [0.05, 0.1) is 39.0 Å². The lowest BCUT2D eigenvalue weighted by atomic mass is 10.0. The van der Waals surface area contributed by atoms with Crippen LogP contribution in [0.5, 0.6) is 0 Å². The zero-order valence-electron chi connectivity index (χ0n) is 15.4. The summed E-state index contributed by atoms with van der Waals surface area (Å²) in [7, 11) is 1.49. The number of rotatable bonds is 7. The molecule has 0 bridgehead atoms. The maximum absolute atomic E-state index is 12.9. The summed E-state index contributed by atoms with van der Waals surface area (Å²) in [6.45, 7) is 2.19. The Morgan fingerprint density at radius 1 is 1.30 bits per heavy atom. The standard InChI is InChI=1S/C17H26N4O6/c1-25-7-6-21-14(18)13(15(23)19-17(21)24)12(22)10-20-5-3-2-4-11(20)16-26-8-9-27-16/h11,16H,2-10,18H2,1H3,(H,19,23,24). The van der Waals surface area contributed by atoms with Crippen molar-refractivity contribution in [1.29, 1.82) is 0 Å². The number of hydrogen-bond acceptors (Lipinski definition) is 8. The molecule has 0 radical (unpaired) electrons. The van der Waals surface area contributed by atoms with Crippen LogP contribution in [0.2, 0.25) is 0 Å². The van der Waals surface area contributed by atoms with Crippen LogP contribution < -0.4 is 17.0 Å². The second kappa shape index (κ2) is 8.79. The largest absolute Gasteiger partial charge is 0.384 e. The highest BCUT2D eigenvalue weighted by molar-refractivity contribution is 6.01. The Hall–Kier alpha value is -2.01. The number of anilines is 1. The molecule has 3 heterocycles. The van der Waals surface area contributed by atoms with Crippen molar-refractivity contribution in [3.05, 3.63) is 26.4 Å². The third kappa shape index (κ3) is 4.29. The van der Waals surface area contributed by atoms with Crippen molar-refractivity contribution in [1.82, 2.24) is 14.5 Å². The van der Waals surface area contributed by atoms with E-state index in [1.807, 2.05) is 4.90 Å². The van der Waals surface area contributed by atoms with Crippen LogP contribution >= 0.6 is 0 Å². The van der Waals surface area contributed by atoms with Crippen LogP contribution in [-0.4, -0.2) is 72.6 Å². The first-order chi connectivity index (χ1) is 13.0. The summed E-state index contributed by atoms with van der Waals surface area (Å²) < 4.78 is 17.3. The molecular weight excluding hydrogens is 356 g/mol. The number of carbonyl (C=O) groups excluding carboxylic acids is 1. The quantitative estimate of drug-likeness (QED) is 0.585. The number of nitrogens with two attached hydrogens (primary N) is 1. The van der Waals surface area contributed by atoms with E-state index in [-0.39, 0.29) is 43.4 Å². The summed E-state index contributed by atoms with van der Waals surface area (Å²) >= 11 is 0. The zero-order valence-corrected chi connectivity index (χ0v) is 15.4. The highest BCUT2D eigenvalue weighted by atomic mass is 16.7. The molecule has 1 unspecified atom stereocenters. The Bertz CT molecular complexity index is 783. The number of Topliss-reactive ketones (excluding diaryl/α,β-unsaturated/α-hetero) is 1. The average Bonchev–Trinajstić information content (AvgIpc) is 3.16. The van der Waals surface area contributed by atoms with Gasteiger partial charge in [-0.25, -0.2) is 4.79 Å². The number of aromatic nitrogens is 2. The van der Waals surface area contributed by atoms with E-state index in [0.29, 0.717) is 19.8 Å². The summed E-state index contributed by atoms with van der Waals surface area (Å²) in [5.41, 5.74) is 4.37. The van der Waals surface area contributed by atoms with Crippen molar-refractivity contribution in [2.75, 3.05) is 45.8 Å². The fourth-order valence-corrected chi connectivity index (χ4v) is 3.65. The number of carbonyl (C=O) groups is 1. The van der Waals surface area contributed by atoms with Gasteiger partial charge in [-0.1, -0.05) is 6.42 Å². The molecule has 0 amide bonds. The number of likely N-dealkylation sites (tertiary alicyclic amines) is 1. The molecule has 0 spiro atoms. The summed E-state index contributed by atoms with van der Waals surface area (Å²) in [6.07, 6.45) is 2.49. The highest BCUT2D eigenvalue weighted by Crippen LogP contribution is 2.24. The van der Waals surface area contributed by atoms with Gasteiger partial charge in [0.2, 0.25) is 0 Å². The molecule has 0 aromatic carbocycles. The van der Waals surface area contributed by atoms with Crippen molar-refractivity contribution in [2.45, 2.75) is 38.1 Å². The number of hydrogen-bond donors (Lipinski definition) is 2. The van der Waals surface area contributed by atoms with Gasteiger partial charge >= 0.3 is 5.69 Å². The van der Waals surface area contributed by atoms with Crippen molar-refractivity contribution < 1.29 is 19.0 Å². The maximum atomic E-state index is 12.9. The minimum absolute atomic E-state index is 0.0175. The van der Waals surface area contributed by atoms with Crippen LogP contribution in [0.4, 0.5) is 5.82 Å². The fraction of sp³-hybridized carbons (Fsp3) is 0.706. The number of piperidine rings is 1. The van der Waals surface area contributed by atoms with Gasteiger partial charge in [-0.05, 0) is 19.4 Å². The molecule has 2 aliphatic heterocycles. The molecule has 10 heteroatoms. The molecule has 3 rings (SSSR count). The lowest BCUT2D eigenvalue weighted by molar-refractivity contribution is -0.107. The third-order valence-corrected chi connectivity index (χ3v) is 5.01. The number of methoxy groups -OCH3 is 1. The Morgan fingerprint density at radius 3 is 2.74 bits per heavy atom. The summed E-state index contributed by atoms with van der Waals surface area (Å²) in [4.78, 5) is 41.2. The van der Waals surface area contributed by atoms with Gasteiger partial charge in [0.15, 0.2) is 12.1 Å². The lowest BCUT2D eigenvalue weighted by Crippen LogP contribution is -2.50. The number of ketones is 1. The SMILES string of the molecule is COCCn1c(N)c(C(=O)CN2CCCCC2C2OCCO2)c(=O)[nH]c1=O. The summed E-state index contributed by atoms with van der Waals surface area (Å²) in [5.74, 6) is -0.558. The van der Waals surface area contributed by atoms with Gasteiger partial charge in [-0.2, -0.15) is 0 Å². The monoisotopic (exact) mass is 382 g/mol. The fourth-order valence-electron chi connectivity index (χ4n) is 3.65. The second-order valence-electron chi connectivity index (χ2n) is 6.73. The van der Waals surface area contributed by atoms with Crippen LogP contribution in [0.25, 0.3) is 0 Å². The van der Waals surface area contributed by atoms with Crippen molar-refractivity contribution in [2.24, 2.45) is 0 Å². The second-order valence-corrected chi connectivity index (χ2v) is 6.73. The Kier molecular flexibility index (Phi) is 6.42. The topological polar surface area (TPSA) is 129 Å². The van der Waals surface area contributed by atoms with Gasteiger partial charge in [0.1, 0.15) is 11.4 Å². The molecule has 27 heavy (non-hydrogen) atoms. The van der Waals surface area contributed by atoms with E-state index in [0.717, 1.165) is 23.8 Å². The first-order valence-corrected chi connectivity index (χ1v) is 9.15. The molecule has 10 nitrogen and oxygen atoms in total. The van der Waals surface area contributed by atoms with E-state index in [4.69, 9.17) is 19.9 Å². The first-order valence-electron chi connectivity index (χ1n) is 9.15. The van der Waals surface area contributed by atoms with Crippen molar-refractivity contribution >= 4 is 11.6 Å². The smallest absolute Gasteiger partial charge is 0.330 e. The molecule has 3 N–H and O–H groups in total. The number of aromatic amines is 1. The van der Waals surface area contributed by atoms with Crippen LogP contribution in [0, 0.1) is 0 Å². The number of nitrogens with one attached hydrogen (secondary N) is 1. The van der Waals surface area contributed by atoms with Gasteiger partial charge in [-0.3, -0.25) is 24.0 Å². The Labute approximate surface area is 156 Å². The molecule has 1 aromatic rings. The molecular formula is C17H26N4O6. The van der Waals surface area contributed by atoms with Crippen molar-refractivity contribution in [3.8, 4) is 0 Å². The molecule has 2 aliphatic rings. The molecule has 0 saturated carbocycles. The lowest BCUT2D eigenvalue weighted by Gasteiger charge is -2.37. The first kappa shape index (κ1) is 19.7. The zero-order chi connectivity index (χ0) is 19.4. The number of ether oxygens (including phenoxy) is 3. The normalized spacial score (nSPS) is 21.6. The van der Waals surface area contributed by atoms with Crippen molar-refractivity contribution in [3.63, 3.8) is 0 Å². The molecule has 2 fully saturated rings. The number of H-pyrrole nitrogens is 1.